The fourth-order valence-corrected chi connectivity index (χ4v) is 2.23. The monoisotopic (exact) mass is 267 g/mol. The van der Waals surface area contributed by atoms with E-state index in [9.17, 15) is 9.59 Å². The Balaban J connectivity index is 2.01. The molecule has 0 radical (unpaired) electrons. The van der Waals surface area contributed by atoms with Crippen molar-refractivity contribution < 1.29 is 9.59 Å². The molecule has 100 valence electrons. The second-order valence-corrected chi connectivity index (χ2v) is 4.74. The third-order valence-corrected chi connectivity index (χ3v) is 3.27. The van der Waals surface area contributed by atoms with E-state index in [2.05, 4.69) is 15.3 Å². The molecule has 5 heteroatoms. The van der Waals surface area contributed by atoms with Gasteiger partial charge in [0, 0.05) is 30.8 Å². The molecule has 20 heavy (non-hydrogen) atoms. The van der Waals surface area contributed by atoms with Crippen molar-refractivity contribution in [2.24, 2.45) is 0 Å². The van der Waals surface area contributed by atoms with E-state index in [1.165, 1.54) is 6.92 Å². The van der Waals surface area contributed by atoms with Gasteiger partial charge in [-0.15, -0.1) is 0 Å². The van der Waals surface area contributed by atoms with Crippen molar-refractivity contribution in [2.75, 3.05) is 5.32 Å². The minimum Gasteiger partial charge on any atom is -0.326 e. The Hall–Kier alpha value is -2.56. The van der Waals surface area contributed by atoms with Gasteiger partial charge in [-0.05, 0) is 30.2 Å². The highest BCUT2D eigenvalue weighted by atomic mass is 16.1. The number of fused-ring (bicyclic) bond motifs is 1. The van der Waals surface area contributed by atoms with Crippen LogP contribution in [-0.4, -0.2) is 21.7 Å². The molecule has 5 nitrogen and oxygen atoms in total. The maximum absolute atomic E-state index is 11.3. The molecule has 0 bridgehead atoms. The van der Waals surface area contributed by atoms with Gasteiger partial charge in [0.1, 0.15) is 0 Å². The summed E-state index contributed by atoms with van der Waals surface area (Å²) in [5, 5.41) is 2.84. The number of aromatic nitrogens is 2. The molecule has 0 aliphatic carbocycles. The van der Waals surface area contributed by atoms with Gasteiger partial charge < -0.3 is 5.32 Å². The summed E-state index contributed by atoms with van der Waals surface area (Å²) in [6, 6.07) is 7.53. The highest BCUT2D eigenvalue weighted by Gasteiger charge is 2.15. The first-order chi connectivity index (χ1) is 9.63. The molecule has 1 N–H and O–H groups in total. The molecule has 1 aliphatic heterocycles. The van der Waals surface area contributed by atoms with Gasteiger partial charge in [0.25, 0.3) is 0 Å². The number of Topliss-reactive ketones (excluding diaryl/α,β-unsaturated/α-hetero) is 1. The Morgan fingerprint density at radius 3 is 2.90 bits per heavy atom. The number of rotatable bonds is 2. The lowest BCUT2D eigenvalue weighted by Gasteiger charge is -2.17. The largest absolute Gasteiger partial charge is 0.326 e. The van der Waals surface area contributed by atoms with Gasteiger partial charge in [-0.2, -0.15) is 0 Å². The van der Waals surface area contributed by atoms with Crippen molar-refractivity contribution >= 4 is 17.4 Å². The lowest BCUT2D eigenvalue weighted by Crippen LogP contribution is -2.18. The van der Waals surface area contributed by atoms with Gasteiger partial charge in [-0.25, -0.2) is 9.97 Å². The van der Waals surface area contributed by atoms with Crippen LogP contribution in [0.5, 0.6) is 0 Å². The number of aryl methyl sites for hydroxylation is 1. The molecule has 0 spiro atoms. The Morgan fingerprint density at radius 2 is 2.10 bits per heavy atom. The maximum atomic E-state index is 11.3. The number of hydrogen-bond acceptors (Lipinski definition) is 4. The van der Waals surface area contributed by atoms with Gasteiger partial charge in [0.05, 0.1) is 5.69 Å². The molecule has 1 aromatic carbocycles. The van der Waals surface area contributed by atoms with E-state index >= 15 is 0 Å². The highest BCUT2D eigenvalue weighted by molar-refractivity contribution is 5.94. The van der Waals surface area contributed by atoms with Gasteiger partial charge in [0.2, 0.25) is 5.91 Å². The molecular weight excluding hydrogens is 254 g/mol. The van der Waals surface area contributed by atoms with Crippen molar-refractivity contribution in [3.8, 4) is 11.3 Å². The fraction of sp³-hybridized carbons (Fsp3) is 0.200. The van der Waals surface area contributed by atoms with Crippen LogP contribution in [0.1, 0.15) is 29.5 Å². The van der Waals surface area contributed by atoms with E-state index in [1.54, 1.807) is 12.3 Å². The summed E-state index contributed by atoms with van der Waals surface area (Å²) in [4.78, 5) is 30.9. The third kappa shape index (κ3) is 2.30. The summed E-state index contributed by atoms with van der Waals surface area (Å²) < 4.78 is 0. The lowest BCUT2D eigenvalue weighted by atomic mass is 9.99. The topological polar surface area (TPSA) is 72.0 Å². The van der Waals surface area contributed by atoms with Crippen LogP contribution in [0.25, 0.3) is 11.3 Å². The first-order valence-corrected chi connectivity index (χ1v) is 6.40. The lowest BCUT2D eigenvalue weighted by molar-refractivity contribution is -0.116. The number of carbonyl (C=O) groups is 2. The van der Waals surface area contributed by atoms with E-state index in [-0.39, 0.29) is 17.5 Å². The molecular formula is C15H13N3O2. The quantitative estimate of drug-likeness (QED) is 0.847. The summed E-state index contributed by atoms with van der Waals surface area (Å²) in [5.41, 5.74) is 3.57. The molecule has 2 heterocycles. The van der Waals surface area contributed by atoms with Crippen LogP contribution in [0.15, 0.2) is 30.5 Å². The first-order valence-electron chi connectivity index (χ1n) is 6.40. The zero-order chi connectivity index (χ0) is 14.1. The first kappa shape index (κ1) is 12.5. The normalized spacial score (nSPS) is 13.6. The van der Waals surface area contributed by atoms with Crippen LogP contribution in [0.2, 0.25) is 0 Å². The molecule has 1 aromatic heterocycles. The molecule has 1 aliphatic rings. The highest BCUT2D eigenvalue weighted by Crippen LogP contribution is 2.27. The molecule has 0 saturated heterocycles. The van der Waals surface area contributed by atoms with E-state index < -0.39 is 0 Å². The van der Waals surface area contributed by atoms with Crippen LogP contribution in [0, 0.1) is 0 Å². The predicted molar refractivity (Wildman–Crippen MR) is 74.4 cm³/mol. The smallest absolute Gasteiger partial charge is 0.224 e. The summed E-state index contributed by atoms with van der Waals surface area (Å²) in [6.07, 6.45) is 2.80. The Bertz CT molecular complexity index is 710. The minimum atomic E-state index is -0.155. The Labute approximate surface area is 116 Å². The van der Waals surface area contributed by atoms with Crippen LogP contribution in [0.4, 0.5) is 5.69 Å². The van der Waals surface area contributed by atoms with E-state index in [0.717, 1.165) is 23.2 Å². The summed E-state index contributed by atoms with van der Waals surface area (Å²) in [7, 11) is 0. The number of anilines is 1. The number of hydrogen-bond donors (Lipinski definition) is 1. The number of nitrogens with zero attached hydrogens (tertiary/aromatic N) is 2. The maximum Gasteiger partial charge on any atom is 0.224 e. The van der Waals surface area contributed by atoms with E-state index in [0.29, 0.717) is 12.1 Å². The van der Waals surface area contributed by atoms with Crippen molar-refractivity contribution in [2.45, 2.75) is 19.8 Å². The minimum absolute atomic E-state index is 0.0474. The molecule has 0 fully saturated rings. The van der Waals surface area contributed by atoms with Gasteiger partial charge in [-0.3, -0.25) is 9.59 Å². The Kier molecular flexibility index (Phi) is 3.02. The Morgan fingerprint density at radius 1 is 1.25 bits per heavy atom. The van der Waals surface area contributed by atoms with Crippen LogP contribution in [0.3, 0.4) is 0 Å². The number of carbonyl (C=O) groups excluding carboxylic acids is 2. The number of benzene rings is 1. The fourth-order valence-electron chi connectivity index (χ4n) is 2.23. The zero-order valence-corrected chi connectivity index (χ0v) is 11.0. The van der Waals surface area contributed by atoms with Crippen molar-refractivity contribution in [1.82, 2.24) is 9.97 Å². The van der Waals surface area contributed by atoms with Crippen LogP contribution >= 0.6 is 0 Å². The molecule has 0 unspecified atom stereocenters. The average molecular weight is 267 g/mol. The molecule has 2 aromatic rings. The molecule has 1 amide bonds. The number of nitrogens with one attached hydrogen (secondary N) is 1. The molecule has 0 atom stereocenters. The van der Waals surface area contributed by atoms with E-state index in [4.69, 9.17) is 0 Å². The predicted octanol–water partition coefficient (Wildman–Crippen LogP) is 2.23. The SMILES string of the molecule is CC(=O)c1nccc(-c2ccc3c(c2)CCC(=O)N3)n1. The van der Waals surface area contributed by atoms with Crippen molar-refractivity contribution in [3.05, 3.63) is 41.9 Å². The third-order valence-electron chi connectivity index (χ3n) is 3.27. The standard InChI is InChI=1S/C15H13N3O2/c1-9(19)15-16-7-6-13(18-15)10-2-4-12-11(8-10)3-5-14(20)17-12/h2,4,6-8H,3,5H2,1H3,(H,17,20). The number of amides is 1. The van der Waals surface area contributed by atoms with Gasteiger partial charge in [-0.1, -0.05) is 6.07 Å². The van der Waals surface area contributed by atoms with Crippen LogP contribution in [-0.2, 0) is 11.2 Å². The second kappa shape index (κ2) is 4.85. The van der Waals surface area contributed by atoms with Crippen molar-refractivity contribution in [3.63, 3.8) is 0 Å². The second-order valence-electron chi connectivity index (χ2n) is 4.74. The summed E-state index contributed by atoms with van der Waals surface area (Å²) in [6.45, 7) is 1.45. The number of ketones is 1. The molecule has 3 rings (SSSR count). The summed E-state index contributed by atoms with van der Waals surface area (Å²) >= 11 is 0. The zero-order valence-electron chi connectivity index (χ0n) is 11.0. The van der Waals surface area contributed by atoms with Gasteiger partial charge in [0.15, 0.2) is 11.6 Å². The van der Waals surface area contributed by atoms with Gasteiger partial charge >= 0.3 is 0 Å². The molecule has 0 saturated carbocycles. The average Bonchev–Trinajstić information content (AvgIpc) is 2.47. The van der Waals surface area contributed by atoms with E-state index in [1.807, 2.05) is 18.2 Å². The van der Waals surface area contributed by atoms with Crippen molar-refractivity contribution in [1.29, 1.82) is 0 Å². The van der Waals surface area contributed by atoms with Crippen LogP contribution < -0.4 is 5.32 Å². The summed E-state index contributed by atoms with van der Waals surface area (Å²) in [5.74, 6) is 0.108.